The van der Waals surface area contributed by atoms with E-state index in [9.17, 15) is 9.50 Å². The summed E-state index contributed by atoms with van der Waals surface area (Å²) in [4.78, 5) is 6.64. The number of aliphatic hydroxyl groups excluding tert-OH is 1. The zero-order chi connectivity index (χ0) is 14.1. The summed E-state index contributed by atoms with van der Waals surface area (Å²) >= 11 is 0. The Kier molecular flexibility index (Phi) is 3.72. The number of nitrogens with zero attached hydrogens (tertiary/aromatic N) is 2. The van der Waals surface area contributed by atoms with Gasteiger partial charge in [0.15, 0.2) is 5.58 Å². The minimum Gasteiger partial charge on any atom is -0.439 e. The molecule has 0 spiro atoms. The number of piperidine rings is 1. The van der Waals surface area contributed by atoms with Gasteiger partial charge in [0.05, 0.1) is 12.6 Å². The van der Waals surface area contributed by atoms with Gasteiger partial charge >= 0.3 is 0 Å². The molecule has 1 saturated heterocycles. The van der Waals surface area contributed by atoms with E-state index in [4.69, 9.17) is 4.42 Å². The summed E-state index contributed by atoms with van der Waals surface area (Å²) < 4.78 is 18.7. The van der Waals surface area contributed by atoms with Gasteiger partial charge in [0.1, 0.15) is 11.3 Å². The molecule has 20 heavy (non-hydrogen) atoms. The van der Waals surface area contributed by atoms with Crippen LogP contribution in [0.3, 0.4) is 0 Å². The van der Waals surface area contributed by atoms with Crippen LogP contribution in [0.25, 0.3) is 11.1 Å². The van der Waals surface area contributed by atoms with Crippen LogP contribution in [-0.4, -0.2) is 34.2 Å². The van der Waals surface area contributed by atoms with E-state index in [0.717, 1.165) is 25.9 Å². The molecule has 1 aliphatic rings. The van der Waals surface area contributed by atoms with Crippen molar-refractivity contribution in [1.82, 2.24) is 9.88 Å². The normalized spacial score (nSPS) is 19.6. The summed E-state index contributed by atoms with van der Waals surface area (Å²) in [5.41, 5.74) is 1.19. The summed E-state index contributed by atoms with van der Waals surface area (Å²) in [7, 11) is 0. The smallest absolute Gasteiger partial charge is 0.209 e. The number of benzene rings is 1. The maximum absolute atomic E-state index is 13.1. The van der Waals surface area contributed by atoms with E-state index in [1.165, 1.54) is 12.1 Å². The number of fused-ring (bicyclic) bond motifs is 1. The van der Waals surface area contributed by atoms with Gasteiger partial charge in [0.2, 0.25) is 5.89 Å². The minimum atomic E-state index is -0.307. The van der Waals surface area contributed by atoms with Gasteiger partial charge in [-0.3, -0.25) is 4.90 Å². The van der Waals surface area contributed by atoms with Crippen molar-refractivity contribution in [2.45, 2.75) is 32.4 Å². The monoisotopic (exact) mass is 278 g/mol. The van der Waals surface area contributed by atoms with Crippen LogP contribution in [-0.2, 0) is 6.54 Å². The number of halogens is 1. The predicted octanol–water partition coefficient (Wildman–Crippen LogP) is 2.56. The lowest BCUT2D eigenvalue weighted by molar-refractivity contribution is 0.0669. The molecule has 1 N–H and O–H groups in total. The Morgan fingerprint density at radius 3 is 2.90 bits per heavy atom. The standard InChI is InChI=1S/C15H19FN2O2/c1-10(19)11-4-6-18(7-5-11)9-15-17-13-3-2-12(16)8-14(13)20-15/h2-3,8,10-11,19H,4-7,9H2,1H3. The Morgan fingerprint density at radius 1 is 1.45 bits per heavy atom. The number of oxazole rings is 1. The van der Waals surface area contributed by atoms with Crippen LogP contribution >= 0.6 is 0 Å². The van der Waals surface area contributed by atoms with Crippen LogP contribution < -0.4 is 0 Å². The van der Waals surface area contributed by atoms with Crippen molar-refractivity contribution in [2.24, 2.45) is 5.92 Å². The van der Waals surface area contributed by atoms with Gasteiger partial charge in [-0.2, -0.15) is 0 Å². The van der Waals surface area contributed by atoms with Crippen molar-refractivity contribution in [3.05, 3.63) is 29.9 Å². The second-order valence-electron chi connectivity index (χ2n) is 5.57. The lowest BCUT2D eigenvalue weighted by Gasteiger charge is -2.32. The largest absolute Gasteiger partial charge is 0.439 e. The van der Waals surface area contributed by atoms with E-state index < -0.39 is 0 Å². The third-order valence-corrected chi connectivity index (χ3v) is 4.07. The zero-order valence-electron chi connectivity index (χ0n) is 11.6. The molecule has 0 aliphatic carbocycles. The molecule has 1 aliphatic heterocycles. The highest BCUT2D eigenvalue weighted by Gasteiger charge is 2.23. The molecule has 0 bridgehead atoms. The fourth-order valence-electron chi connectivity index (χ4n) is 2.80. The van der Waals surface area contributed by atoms with Gasteiger partial charge in [-0.25, -0.2) is 9.37 Å². The summed E-state index contributed by atoms with van der Waals surface area (Å²) in [6.07, 6.45) is 1.75. The average Bonchev–Trinajstić information content (AvgIpc) is 2.80. The highest BCUT2D eigenvalue weighted by atomic mass is 19.1. The van der Waals surface area contributed by atoms with Gasteiger partial charge in [-0.1, -0.05) is 0 Å². The van der Waals surface area contributed by atoms with Crippen molar-refractivity contribution >= 4 is 11.1 Å². The first-order valence-electron chi connectivity index (χ1n) is 7.07. The zero-order valence-corrected chi connectivity index (χ0v) is 11.6. The van der Waals surface area contributed by atoms with Crippen LogP contribution in [0.1, 0.15) is 25.7 Å². The highest BCUT2D eigenvalue weighted by molar-refractivity contribution is 5.72. The van der Waals surface area contributed by atoms with Gasteiger partial charge in [0, 0.05) is 6.07 Å². The molecular formula is C15H19FN2O2. The van der Waals surface area contributed by atoms with Crippen molar-refractivity contribution in [2.75, 3.05) is 13.1 Å². The Balaban J connectivity index is 1.65. The van der Waals surface area contributed by atoms with E-state index in [1.807, 2.05) is 6.92 Å². The fraction of sp³-hybridized carbons (Fsp3) is 0.533. The molecule has 0 amide bonds. The van der Waals surface area contributed by atoms with Gasteiger partial charge in [-0.05, 0) is 50.9 Å². The second kappa shape index (κ2) is 5.50. The number of hydrogen-bond donors (Lipinski definition) is 1. The molecule has 1 fully saturated rings. The van der Waals surface area contributed by atoms with Crippen LogP contribution in [0.5, 0.6) is 0 Å². The first-order valence-corrected chi connectivity index (χ1v) is 7.07. The quantitative estimate of drug-likeness (QED) is 0.937. The molecule has 2 heterocycles. The summed E-state index contributed by atoms with van der Waals surface area (Å²) in [5.74, 6) is 0.711. The maximum Gasteiger partial charge on any atom is 0.209 e. The lowest BCUT2D eigenvalue weighted by atomic mass is 9.92. The van der Waals surface area contributed by atoms with E-state index in [0.29, 0.717) is 29.5 Å². The SMILES string of the molecule is CC(O)C1CCN(Cc2nc3ccc(F)cc3o2)CC1. The van der Waals surface area contributed by atoms with Crippen molar-refractivity contribution in [3.63, 3.8) is 0 Å². The molecule has 2 aromatic rings. The molecule has 1 atom stereocenters. The van der Waals surface area contributed by atoms with Gasteiger partial charge in [0.25, 0.3) is 0 Å². The third-order valence-electron chi connectivity index (χ3n) is 4.07. The number of likely N-dealkylation sites (tertiary alicyclic amines) is 1. The molecule has 1 unspecified atom stereocenters. The van der Waals surface area contributed by atoms with Gasteiger partial charge < -0.3 is 9.52 Å². The predicted molar refractivity (Wildman–Crippen MR) is 73.6 cm³/mol. The molecule has 0 saturated carbocycles. The van der Waals surface area contributed by atoms with Crippen molar-refractivity contribution in [3.8, 4) is 0 Å². The minimum absolute atomic E-state index is 0.232. The number of aliphatic hydroxyl groups is 1. The number of hydrogen-bond acceptors (Lipinski definition) is 4. The maximum atomic E-state index is 13.1. The van der Waals surface area contributed by atoms with Crippen LogP contribution in [0, 0.1) is 11.7 Å². The lowest BCUT2D eigenvalue weighted by Crippen LogP contribution is -2.36. The van der Waals surface area contributed by atoms with Gasteiger partial charge in [-0.15, -0.1) is 0 Å². The molecule has 5 heteroatoms. The molecule has 108 valence electrons. The topological polar surface area (TPSA) is 49.5 Å². The second-order valence-corrected chi connectivity index (χ2v) is 5.57. The van der Waals surface area contributed by atoms with Crippen LogP contribution in [0.4, 0.5) is 4.39 Å². The average molecular weight is 278 g/mol. The number of rotatable bonds is 3. The molecule has 1 aromatic heterocycles. The van der Waals surface area contributed by atoms with E-state index in [2.05, 4.69) is 9.88 Å². The van der Waals surface area contributed by atoms with Crippen LogP contribution in [0.15, 0.2) is 22.6 Å². The van der Waals surface area contributed by atoms with Crippen molar-refractivity contribution < 1.29 is 13.9 Å². The molecular weight excluding hydrogens is 259 g/mol. The Morgan fingerprint density at radius 2 is 2.20 bits per heavy atom. The van der Waals surface area contributed by atoms with E-state index in [-0.39, 0.29) is 11.9 Å². The molecule has 4 nitrogen and oxygen atoms in total. The molecule has 3 rings (SSSR count). The fourth-order valence-corrected chi connectivity index (χ4v) is 2.80. The Labute approximate surface area is 117 Å². The Bertz CT molecular complexity index is 589. The summed E-state index contributed by atoms with van der Waals surface area (Å²) in [6, 6.07) is 4.39. The third kappa shape index (κ3) is 2.83. The summed E-state index contributed by atoms with van der Waals surface area (Å²) in [6.45, 7) is 4.36. The van der Waals surface area contributed by atoms with Crippen LogP contribution in [0.2, 0.25) is 0 Å². The number of aromatic nitrogens is 1. The highest BCUT2D eigenvalue weighted by Crippen LogP contribution is 2.23. The van der Waals surface area contributed by atoms with E-state index in [1.54, 1.807) is 6.07 Å². The van der Waals surface area contributed by atoms with E-state index >= 15 is 0 Å². The molecule has 1 aromatic carbocycles. The van der Waals surface area contributed by atoms with Crippen molar-refractivity contribution in [1.29, 1.82) is 0 Å². The first-order chi connectivity index (χ1) is 9.61. The summed E-state index contributed by atoms with van der Waals surface area (Å²) in [5, 5.41) is 9.59. The molecule has 0 radical (unpaired) electrons. The Hall–Kier alpha value is -1.46. The first kappa shape index (κ1) is 13.5.